The average Bonchev–Trinajstić information content (AvgIpc) is 2.51. The number of hydrogen-bond donors (Lipinski definition) is 2. The Morgan fingerprint density at radius 2 is 2.43 bits per heavy atom. The van der Waals surface area contributed by atoms with Gasteiger partial charge >= 0.3 is 0 Å². The molecule has 1 fully saturated rings. The van der Waals surface area contributed by atoms with Gasteiger partial charge in [0.05, 0.1) is 0 Å². The molecule has 1 saturated heterocycles. The van der Waals surface area contributed by atoms with E-state index in [9.17, 15) is 4.79 Å². The number of amides is 1. The van der Waals surface area contributed by atoms with Crippen molar-refractivity contribution in [3.05, 3.63) is 0 Å². The highest BCUT2D eigenvalue weighted by Crippen LogP contribution is 2.10. The molecule has 1 aliphatic heterocycles. The van der Waals surface area contributed by atoms with E-state index >= 15 is 0 Å². The second-order valence-corrected chi connectivity index (χ2v) is 4.29. The molecular formula is C10H21N3O. The quantitative estimate of drug-likeness (QED) is 0.659. The van der Waals surface area contributed by atoms with Crippen molar-refractivity contribution in [2.75, 3.05) is 26.2 Å². The van der Waals surface area contributed by atoms with Crippen molar-refractivity contribution in [1.29, 1.82) is 0 Å². The van der Waals surface area contributed by atoms with Crippen LogP contribution in [0.1, 0.15) is 20.3 Å². The fraction of sp³-hybridized carbons (Fsp3) is 0.900. The summed E-state index contributed by atoms with van der Waals surface area (Å²) in [4.78, 5) is 13.2. The lowest BCUT2D eigenvalue weighted by Gasteiger charge is -2.19. The highest BCUT2D eigenvalue weighted by molar-refractivity contribution is 5.73. The Bertz CT molecular complexity index is 196. The first-order chi connectivity index (χ1) is 6.61. The van der Waals surface area contributed by atoms with Crippen LogP contribution in [-0.2, 0) is 4.79 Å². The van der Waals surface area contributed by atoms with Gasteiger partial charge in [0.1, 0.15) is 0 Å². The summed E-state index contributed by atoms with van der Waals surface area (Å²) in [6.07, 6.45) is 1.07. The van der Waals surface area contributed by atoms with Crippen LogP contribution in [0.3, 0.4) is 0 Å². The Balaban J connectivity index is 2.23. The summed E-state index contributed by atoms with van der Waals surface area (Å²) in [6.45, 7) is 7.57. The first kappa shape index (κ1) is 11.5. The van der Waals surface area contributed by atoms with Crippen LogP contribution in [0.5, 0.6) is 0 Å². The van der Waals surface area contributed by atoms with Crippen LogP contribution in [0.25, 0.3) is 0 Å². The van der Waals surface area contributed by atoms with Gasteiger partial charge in [-0.25, -0.2) is 0 Å². The van der Waals surface area contributed by atoms with Crippen molar-refractivity contribution < 1.29 is 4.79 Å². The molecule has 4 heteroatoms. The molecule has 0 aromatic heterocycles. The predicted octanol–water partition coefficient (Wildman–Crippen LogP) is -0.208. The smallest absolute Gasteiger partial charge is 0.217 e. The number of nitrogens with zero attached hydrogens (tertiary/aromatic N) is 1. The normalized spacial score (nSPS) is 24.9. The number of hydrogen-bond acceptors (Lipinski definition) is 3. The molecule has 2 atom stereocenters. The molecule has 1 amide bonds. The highest BCUT2D eigenvalue weighted by Gasteiger charge is 2.23. The third-order valence-electron chi connectivity index (χ3n) is 2.65. The Labute approximate surface area is 85.8 Å². The number of nitrogens with one attached hydrogen (secondary N) is 1. The maximum Gasteiger partial charge on any atom is 0.217 e. The zero-order valence-corrected chi connectivity index (χ0v) is 9.12. The van der Waals surface area contributed by atoms with Gasteiger partial charge in [0.25, 0.3) is 0 Å². The van der Waals surface area contributed by atoms with E-state index in [1.165, 1.54) is 0 Å². The summed E-state index contributed by atoms with van der Waals surface area (Å²) in [6, 6.07) is 0.345. The van der Waals surface area contributed by atoms with Crippen LogP contribution in [0.15, 0.2) is 0 Å². The van der Waals surface area contributed by atoms with Crippen molar-refractivity contribution >= 4 is 5.91 Å². The Morgan fingerprint density at radius 1 is 1.71 bits per heavy atom. The fourth-order valence-corrected chi connectivity index (χ4v) is 1.92. The Kier molecular flexibility index (Phi) is 4.35. The van der Waals surface area contributed by atoms with Crippen LogP contribution in [0, 0.1) is 5.92 Å². The maximum absolute atomic E-state index is 10.8. The van der Waals surface area contributed by atoms with Gasteiger partial charge in [0.15, 0.2) is 0 Å². The fourth-order valence-electron chi connectivity index (χ4n) is 1.92. The SMILES string of the molecule is CC(=O)NC1CCN(CC(C)CN)C1. The van der Waals surface area contributed by atoms with Gasteiger partial charge in [0.2, 0.25) is 5.91 Å². The zero-order valence-electron chi connectivity index (χ0n) is 9.12. The van der Waals surface area contributed by atoms with E-state index in [4.69, 9.17) is 5.73 Å². The van der Waals surface area contributed by atoms with Gasteiger partial charge in [0, 0.05) is 32.6 Å². The van der Waals surface area contributed by atoms with Gasteiger partial charge in [-0.3, -0.25) is 4.79 Å². The van der Waals surface area contributed by atoms with Crippen LogP contribution < -0.4 is 11.1 Å². The summed E-state index contributed by atoms with van der Waals surface area (Å²) in [5.74, 6) is 0.620. The molecule has 0 spiro atoms. The van der Waals surface area contributed by atoms with Crippen LogP contribution in [-0.4, -0.2) is 43.0 Å². The molecule has 0 aromatic carbocycles. The third-order valence-corrected chi connectivity index (χ3v) is 2.65. The molecule has 14 heavy (non-hydrogen) atoms. The topological polar surface area (TPSA) is 58.4 Å². The minimum atomic E-state index is 0.0729. The van der Waals surface area contributed by atoms with Gasteiger partial charge in [-0.1, -0.05) is 6.92 Å². The monoisotopic (exact) mass is 199 g/mol. The summed E-state index contributed by atoms with van der Waals surface area (Å²) in [5.41, 5.74) is 5.57. The molecule has 0 bridgehead atoms. The molecule has 0 aliphatic carbocycles. The minimum Gasteiger partial charge on any atom is -0.352 e. The lowest BCUT2D eigenvalue weighted by molar-refractivity contribution is -0.119. The van der Waals surface area contributed by atoms with E-state index < -0.39 is 0 Å². The number of carbonyl (C=O) groups is 1. The Morgan fingerprint density at radius 3 is 3.00 bits per heavy atom. The zero-order chi connectivity index (χ0) is 10.6. The standard InChI is InChI=1S/C10H21N3O/c1-8(5-11)6-13-4-3-10(7-13)12-9(2)14/h8,10H,3-7,11H2,1-2H3,(H,12,14). The molecule has 1 aliphatic rings. The van der Waals surface area contributed by atoms with E-state index in [1.807, 2.05) is 0 Å². The molecule has 4 nitrogen and oxygen atoms in total. The highest BCUT2D eigenvalue weighted by atomic mass is 16.1. The average molecular weight is 199 g/mol. The van der Waals surface area contributed by atoms with E-state index in [-0.39, 0.29) is 5.91 Å². The maximum atomic E-state index is 10.8. The Hall–Kier alpha value is -0.610. The summed E-state index contributed by atoms with van der Waals surface area (Å²) >= 11 is 0. The van der Waals surface area contributed by atoms with Crippen LogP contribution >= 0.6 is 0 Å². The van der Waals surface area contributed by atoms with E-state index in [2.05, 4.69) is 17.1 Å². The molecule has 0 aromatic rings. The van der Waals surface area contributed by atoms with Crippen molar-refractivity contribution in [3.63, 3.8) is 0 Å². The van der Waals surface area contributed by atoms with Gasteiger partial charge in [-0.05, 0) is 18.9 Å². The predicted molar refractivity (Wildman–Crippen MR) is 56.9 cm³/mol. The molecule has 2 unspecified atom stereocenters. The third kappa shape index (κ3) is 3.64. The summed E-state index contributed by atoms with van der Waals surface area (Å²) < 4.78 is 0. The van der Waals surface area contributed by atoms with E-state index in [0.717, 1.165) is 32.6 Å². The van der Waals surface area contributed by atoms with Crippen molar-refractivity contribution in [3.8, 4) is 0 Å². The molecule has 82 valence electrons. The largest absolute Gasteiger partial charge is 0.352 e. The van der Waals surface area contributed by atoms with E-state index in [1.54, 1.807) is 6.92 Å². The number of rotatable bonds is 4. The van der Waals surface area contributed by atoms with Crippen LogP contribution in [0.4, 0.5) is 0 Å². The first-order valence-corrected chi connectivity index (χ1v) is 5.31. The van der Waals surface area contributed by atoms with Gasteiger partial charge in [-0.15, -0.1) is 0 Å². The molecule has 1 rings (SSSR count). The molecule has 1 heterocycles. The molecule has 3 N–H and O–H groups in total. The lowest BCUT2D eigenvalue weighted by atomic mass is 10.2. The summed E-state index contributed by atoms with van der Waals surface area (Å²) in [5, 5.41) is 2.95. The number of nitrogens with two attached hydrogens (primary N) is 1. The van der Waals surface area contributed by atoms with Gasteiger partial charge in [-0.2, -0.15) is 0 Å². The summed E-state index contributed by atoms with van der Waals surface area (Å²) in [7, 11) is 0. The first-order valence-electron chi connectivity index (χ1n) is 5.31. The van der Waals surface area contributed by atoms with E-state index in [0.29, 0.717) is 12.0 Å². The number of likely N-dealkylation sites (tertiary alicyclic amines) is 1. The second kappa shape index (κ2) is 5.32. The molecule has 0 saturated carbocycles. The molecule has 0 radical (unpaired) electrons. The minimum absolute atomic E-state index is 0.0729. The van der Waals surface area contributed by atoms with Gasteiger partial charge < -0.3 is 16.0 Å². The van der Waals surface area contributed by atoms with Crippen molar-refractivity contribution in [2.24, 2.45) is 11.7 Å². The second-order valence-electron chi connectivity index (χ2n) is 4.29. The molecular weight excluding hydrogens is 178 g/mol. The lowest BCUT2D eigenvalue weighted by Crippen LogP contribution is -2.37. The van der Waals surface area contributed by atoms with Crippen molar-refractivity contribution in [2.45, 2.75) is 26.3 Å². The number of carbonyl (C=O) groups excluding carboxylic acids is 1. The van der Waals surface area contributed by atoms with Crippen molar-refractivity contribution in [1.82, 2.24) is 10.2 Å². The van der Waals surface area contributed by atoms with Crippen LogP contribution in [0.2, 0.25) is 0 Å².